The van der Waals surface area contributed by atoms with Crippen molar-refractivity contribution in [1.29, 1.82) is 0 Å². The molecule has 5 nitrogen and oxygen atoms in total. The summed E-state index contributed by atoms with van der Waals surface area (Å²) in [7, 11) is 3.74. The maximum Gasteiger partial charge on any atom is 0.263 e. The molecule has 0 aromatic carbocycles. The Kier molecular flexibility index (Phi) is 4.09. The van der Waals surface area contributed by atoms with E-state index in [0.717, 1.165) is 28.3 Å². The molecule has 0 saturated heterocycles. The smallest absolute Gasteiger partial charge is 0.263 e. The van der Waals surface area contributed by atoms with Gasteiger partial charge < -0.3 is 9.32 Å². The van der Waals surface area contributed by atoms with Crippen LogP contribution in [0.5, 0.6) is 0 Å². The van der Waals surface area contributed by atoms with Crippen LogP contribution in [0.2, 0.25) is 0 Å². The fourth-order valence-corrected chi connectivity index (χ4v) is 3.45. The van der Waals surface area contributed by atoms with Crippen molar-refractivity contribution in [2.24, 2.45) is 7.05 Å². The summed E-state index contributed by atoms with van der Waals surface area (Å²) < 4.78 is 7.22. The second-order valence-electron chi connectivity index (χ2n) is 5.61. The topological polar surface area (TPSA) is 51.3 Å². The molecule has 3 rings (SSSR count). The van der Waals surface area contributed by atoms with Gasteiger partial charge >= 0.3 is 0 Å². The van der Waals surface area contributed by atoms with Crippen LogP contribution in [0.15, 0.2) is 34.3 Å². The molecule has 3 aromatic rings. The zero-order chi connectivity index (χ0) is 16.6. The highest BCUT2D eigenvalue weighted by Gasteiger charge is 2.18. The first kappa shape index (κ1) is 15.6. The lowest BCUT2D eigenvalue weighted by Gasteiger charge is -2.16. The molecule has 0 saturated carbocycles. The fraction of sp³-hybridized carbons (Fsp3) is 0.294. The Labute approximate surface area is 139 Å². The van der Waals surface area contributed by atoms with Gasteiger partial charge in [0, 0.05) is 42.8 Å². The Hall–Kier alpha value is -2.34. The number of aromatic nitrogens is 2. The van der Waals surface area contributed by atoms with Crippen LogP contribution in [0, 0.1) is 13.8 Å². The van der Waals surface area contributed by atoms with Crippen molar-refractivity contribution in [1.82, 2.24) is 14.7 Å². The van der Waals surface area contributed by atoms with Crippen molar-refractivity contribution in [2.45, 2.75) is 20.4 Å². The first-order valence-electron chi connectivity index (χ1n) is 7.34. The van der Waals surface area contributed by atoms with Gasteiger partial charge in [0.25, 0.3) is 5.91 Å². The maximum atomic E-state index is 12.6. The first-order valence-corrected chi connectivity index (χ1v) is 8.22. The summed E-state index contributed by atoms with van der Waals surface area (Å²) in [6, 6.07) is 5.61. The Balaban J connectivity index is 1.77. The summed E-state index contributed by atoms with van der Waals surface area (Å²) in [5, 5.41) is 6.35. The van der Waals surface area contributed by atoms with Gasteiger partial charge in [-0.15, -0.1) is 11.3 Å². The molecule has 0 aliphatic carbocycles. The molecular formula is C17H19N3O2S. The molecule has 120 valence electrons. The Morgan fingerprint density at radius 3 is 2.83 bits per heavy atom. The van der Waals surface area contributed by atoms with E-state index < -0.39 is 0 Å². The molecule has 0 aliphatic rings. The highest BCUT2D eigenvalue weighted by atomic mass is 32.1. The van der Waals surface area contributed by atoms with E-state index in [-0.39, 0.29) is 5.91 Å². The summed E-state index contributed by atoms with van der Waals surface area (Å²) in [5.41, 5.74) is 4.09. The molecule has 6 heteroatoms. The second kappa shape index (κ2) is 6.04. The van der Waals surface area contributed by atoms with Crippen molar-refractivity contribution in [3.05, 3.63) is 51.7 Å². The standard InChI is InChI=1S/C17H19N3O2S/c1-11-14(12(2)20(4)18-11)9-19(3)17(21)16-8-13(10-23-16)15-6-5-7-22-15/h5-8,10H,9H2,1-4H3. The summed E-state index contributed by atoms with van der Waals surface area (Å²) in [6.45, 7) is 4.55. The molecule has 0 radical (unpaired) electrons. The Bertz CT molecular complexity index is 830. The molecule has 0 aliphatic heterocycles. The zero-order valence-electron chi connectivity index (χ0n) is 13.7. The summed E-state index contributed by atoms with van der Waals surface area (Å²) >= 11 is 1.44. The van der Waals surface area contributed by atoms with Crippen molar-refractivity contribution in [3.8, 4) is 11.3 Å². The molecular weight excluding hydrogens is 310 g/mol. The molecule has 3 heterocycles. The van der Waals surface area contributed by atoms with Gasteiger partial charge in [-0.05, 0) is 32.0 Å². The van der Waals surface area contributed by atoms with E-state index in [1.807, 2.05) is 56.2 Å². The van der Waals surface area contributed by atoms with Crippen LogP contribution in [-0.2, 0) is 13.6 Å². The maximum absolute atomic E-state index is 12.6. The predicted molar refractivity (Wildman–Crippen MR) is 90.5 cm³/mol. The van der Waals surface area contributed by atoms with Gasteiger partial charge in [-0.25, -0.2) is 0 Å². The molecule has 0 bridgehead atoms. The number of amides is 1. The number of hydrogen-bond acceptors (Lipinski definition) is 4. The first-order chi connectivity index (χ1) is 11.0. The van der Waals surface area contributed by atoms with Crippen molar-refractivity contribution in [2.75, 3.05) is 7.05 Å². The number of aryl methyl sites for hydroxylation is 2. The van der Waals surface area contributed by atoms with Crippen LogP contribution >= 0.6 is 11.3 Å². The van der Waals surface area contributed by atoms with Gasteiger partial charge in [-0.2, -0.15) is 5.10 Å². The third kappa shape index (κ3) is 2.94. The minimum atomic E-state index is 0.00968. The van der Waals surface area contributed by atoms with Crippen LogP contribution in [0.25, 0.3) is 11.3 Å². The normalized spacial score (nSPS) is 11.0. The number of furan rings is 1. The van der Waals surface area contributed by atoms with Gasteiger partial charge in [0.2, 0.25) is 0 Å². The molecule has 1 amide bonds. The monoisotopic (exact) mass is 329 g/mol. The predicted octanol–water partition coefficient (Wildman–Crippen LogP) is 3.63. The van der Waals surface area contributed by atoms with Gasteiger partial charge in [0.1, 0.15) is 5.76 Å². The number of nitrogens with zero attached hydrogens (tertiary/aromatic N) is 3. The molecule has 23 heavy (non-hydrogen) atoms. The molecule has 3 aromatic heterocycles. The van der Waals surface area contributed by atoms with Gasteiger partial charge in [-0.3, -0.25) is 9.48 Å². The third-order valence-corrected chi connectivity index (χ3v) is 4.93. The van der Waals surface area contributed by atoms with E-state index in [2.05, 4.69) is 5.10 Å². The Morgan fingerprint density at radius 2 is 2.22 bits per heavy atom. The van der Waals surface area contributed by atoms with Crippen molar-refractivity contribution < 1.29 is 9.21 Å². The molecule has 0 unspecified atom stereocenters. The number of rotatable bonds is 4. The van der Waals surface area contributed by atoms with E-state index in [4.69, 9.17) is 4.42 Å². The van der Waals surface area contributed by atoms with Crippen LogP contribution in [0.4, 0.5) is 0 Å². The highest BCUT2D eigenvalue weighted by Crippen LogP contribution is 2.27. The van der Waals surface area contributed by atoms with Gasteiger partial charge in [-0.1, -0.05) is 0 Å². The van der Waals surface area contributed by atoms with E-state index >= 15 is 0 Å². The second-order valence-corrected chi connectivity index (χ2v) is 6.52. The van der Waals surface area contributed by atoms with E-state index in [0.29, 0.717) is 11.4 Å². The number of carbonyl (C=O) groups excluding carboxylic acids is 1. The minimum Gasteiger partial charge on any atom is -0.464 e. The number of thiophene rings is 1. The number of carbonyl (C=O) groups is 1. The molecule has 0 atom stereocenters. The van der Waals surface area contributed by atoms with Gasteiger partial charge in [0.15, 0.2) is 0 Å². The lowest BCUT2D eigenvalue weighted by Crippen LogP contribution is -2.26. The van der Waals surface area contributed by atoms with E-state index in [9.17, 15) is 4.79 Å². The Morgan fingerprint density at radius 1 is 1.43 bits per heavy atom. The van der Waals surface area contributed by atoms with Crippen molar-refractivity contribution in [3.63, 3.8) is 0 Å². The molecule has 0 N–H and O–H groups in total. The molecule has 0 fully saturated rings. The largest absolute Gasteiger partial charge is 0.464 e. The highest BCUT2D eigenvalue weighted by molar-refractivity contribution is 7.12. The van der Waals surface area contributed by atoms with Crippen LogP contribution in [0.1, 0.15) is 26.6 Å². The fourth-order valence-electron chi connectivity index (χ4n) is 2.56. The van der Waals surface area contributed by atoms with E-state index in [1.165, 1.54) is 11.3 Å². The van der Waals surface area contributed by atoms with Gasteiger partial charge in [0.05, 0.1) is 16.8 Å². The number of hydrogen-bond donors (Lipinski definition) is 0. The average molecular weight is 329 g/mol. The van der Waals surface area contributed by atoms with Crippen molar-refractivity contribution >= 4 is 17.2 Å². The summed E-state index contributed by atoms with van der Waals surface area (Å²) in [6.07, 6.45) is 1.63. The lowest BCUT2D eigenvalue weighted by molar-refractivity contribution is 0.0789. The quantitative estimate of drug-likeness (QED) is 0.734. The SMILES string of the molecule is Cc1nn(C)c(C)c1CN(C)C(=O)c1cc(-c2ccco2)cs1. The molecule has 0 spiro atoms. The minimum absolute atomic E-state index is 0.00968. The lowest BCUT2D eigenvalue weighted by atomic mass is 10.2. The average Bonchev–Trinajstić information content (AvgIpc) is 3.23. The van der Waals surface area contributed by atoms with Crippen LogP contribution in [-0.4, -0.2) is 27.6 Å². The van der Waals surface area contributed by atoms with Crippen LogP contribution < -0.4 is 0 Å². The van der Waals surface area contributed by atoms with E-state index in [1.54, 1.807) is 11.2 Å². The summed E-state index contributed by atoms with van der Waals surface area (Å²) in [5.74, 6) is 0.789. The van der Waals surface area contributed by atoms with Crippen LogP contribution in [0.3, 0.4) is 0 Å². The third-order valence-electron chi connectivity index (χ3n) is 4.02. The zero-order valence-corrected chi connectivity index (χ0v) is 14.5. The summed E-state index contributed by atoms with van der Waals surface area (Å²) in [4.78, 5) is 15.1.